The maximum Gasteiger partial charge on any atom is 0.416 e. The van der Waals surface area contributed by atoms with Gasteiger partial charge in [0.15, 0.2) is 5.82 Å². The summed E-state index contributed by atoms with van der Waals surface area (Å²) in [5.74, 6) is 0.460. The molecule has 0 aliphatic carbocycles. The van der Waals surface area contributed by atoms with Gasteiger partial charge in [0.05, 0.1) is 23.0 Å². The van der Waals surface area contributed by atoms with E-state index in [1.54, 1.807) is 29.2 Å². The number of halogens is 3. The predicted octanol–water partition coefficient (Wildman–Crippen LogP) is 5.25. The maximum atomic E-state index is 13.4. The van der Waals surface area contributed by atoms with Crippen LogP contribution in [0.5, 0.6) is 0 Å². The van der Waals surface area contributed by atoms with Crippen molar-refractivity contribution >= 4 is 23.2 Å². The molecule has 176 valence electrons. The largest absolute Gasteiger partial charge is 0.416 e. The van der Waals surface area contributed by atoms with Gasteiger partial charge in [-0.1, -0.05) is 24.3 Å². The fraction of sp³-hybridized carbons (Fsp3) is 0.280. The second kappa shape index (κ2) is 8.64. The molecular weight excluding hydrogens is 443 g/mol. The van der Waals surface area contributed by atoms with Gasteiger partial charge in [-0.3, -0.25) is 4.90 Å². The number of amides is 2. The van der Waals surface area contributed by atoms with E-state index in [4.69, 9.17) is 10.7 Å². The number of piperidine rings is 1. The van der Waals surface area contributed by atoms with E-state index in [1.165, 1.54) is 6.07 Å². The number of benzene rings is 2. The van der Waals surface area contributed by atoms with Crippen LogP contribution in [0.15, 0.2) is 60.7 Å². The zero-order valence-corrected chi connectivity index (χ0v) is 18.3. The summed E-state index contributed by atoms with van der Waals surface area (Å²) < 4.78 is 39.7. The average molecular weight is 467 g/mol. The highest BCUT2D eigenvalue weighted by Gasteiger charge is 2.38. The summed E-state index contributed by atoms with van der Waals surface area (Å²) in [6, 6.07) is 15.5. The predicted molar refractivity (Wildman–Crippen MR) is 126 cm³/mol. The van der Waals surface area contributed by atoms with Crippen LogP contribution in [-0.4, -0.2) is 30.1 Å². The summed E-state index contributed by atoms with van der Waals surface area (Å²) in [6.45, 7) is 1.95. The van der Waals surface area contributed by atoms with Crippen molar-refractivity contribution in [1.82, 2.24) is 4.98 Å². The van der Waals surface area contributed by atoms with E-state index in [1.807, 2.05) is 18.2 Å². The molecule has 1 saturated heterocycles. The van der Waals surface area contributed by atoms with Gasteiger partial charge < -0.3 is 16.0 Å². The zero-order chi connectivity index (χ0) is 23.9. The zero-order valence-electron chi connectivity index (χ0n) is 18.3. The van der Waals surface area contributed by atoms with Crippen molar-refractivity contribution in [3.63, 3.8) is 0 Å². The van der Waals surface area contributed by atoms with Crippen molar-refractivity contribution < 1.29 is 18.0 Å². The molecule has 2 amide bonds. The molecule has 0 spiro atoms. The lowest BCUT2D eigenvalue weighted by Crippen LogP contribution is -2.56. The Hall–Kier alpha value is -3.59. The first-order valence-electron chi connectivity index (χ1n) is 11.2. The number of hydrogen-bond donors (Lipinski definition) is 2. The van der Waals surface area contributed by atoms with Crippen LogP contribution in [0.4, 0.5) is 35.2 Å². The van der Waals surface area contributed by atoms with E-state index in [0.717, 1.165) is 42.8 Å². The normalized spacial score (nSPS) is 17.4. The summed E-state index contributed by atoms with van der Waals surface area (Å²) in [5.41, 5.74) is 8.05. The van der Waals surface area contributed by atoms with E-state index in [2.05, 4.69) is 10.2 Å². The number of nitrogens with zero attached hydrogens (tertiary/aromatic N) is 3. The van der Waals surface area contributed by atoms with Crippen molar-refractivity contribution in [2.75, 3.05) is 28.2 Å². The number of aromatic nitrogens is 1. The van der Waals surface area contributed by atoms with Crippen molar-refractivity contribution in [3.05, 3.63) is 71.8 Å². The van der Waals surface area contributed by atoms with Gasteiger partial charge in [0.2, 0.25) is 0 Å². The van der Waals surface area contributed by atoms with Crippen molar-refractivity contribution in [1.29, 1.82) is 0 Å². The summed E-state index contributed by atoms with van der Waals surface area (Å²) in [7, 11) is 0. The standard InChI is InChI=1S/C25H24F3N5O/c26-25(27,28)18-4-1-3-17(13-18)21-10-11-22-23(31-21)33(20-5-2-12-32(22)15-20)24(34)30-19-8-6-16(14-29)7-9-19/h1,3-4,6-11,13,20H,2,5,12,14-15,29H2,(H,30,34)/t20-/m1/s1. The van der Waals surface area contributed by atoms with Crippen LogP contribution < -0.4 is 20.9 Å². The van der Waals surface area contributed by atoms with Crippen molar-refractivity contribution in [3.8, 4) is 11.3 Å². The highest BCUT2D eigenvalue weighted by Crippen LogP contribution is 2.40. The maximum absolute atomic E-state index is 13.4. The minimum atomic E-state index is -4.45. The molecule has 2 aromatic carbocycles. The smallest absolute Gasteiger partial charge is 0.366 e. The van der Waals surface area contributed by atoms with Gasteiger partial charge in [-0.05, 0) is 54.8 Å². The topological polar surface area (TPSA) is 74.5 Å². The number of carbonyl (C=O) groups is 1. The molecule has 1 atom stereocenters. The molecule has 0 radical (unpaired) electrons. The highest BCUT2D eigenvalue weighted by atomic mass is 19.4. The molecule has 1 fully saturated rings. The van der Waals surface area contributed by atoms with Gasteiger partial charge in [0.25, 0.3) is 0 Å². The number of urea groups is 1. The van der Waals surface area contributed by atoms with Crippen molar-refractivity contribution in [2.45, 2.75) is 31.6 Å². The Labute approximate surface area is 195 Å². The summed E-state index contributed by atoms with van der Waals surface area (Å²) in [6.07, 6.45) is -2.68. The van der Waals surface area contributed by atoms with E-state index >= 15 is 0 Å². The van der Waals surface area contributed by atoms with Gasteiger partial charge in [0, 0.05) is 30.9 Å². The van der Waals surface area contributed by atoms with Gasteiger partial charge in [0.1, 0.15) is 0 Å². The molecule has 9 heteroatoms. The number of hydrogen-bond acceptors (Lipinski definition) is 4. The van der Waals surface area contributed by atoms with Crippen LogP contribution in [0.3, 0.4) is 0 Å². The fourth-order valence-electron chi connectivity index (χ4n) is 4.61. The van der Waals surface area contributed by atoms with Crippen LogP contribution in [0.2, 0.25) is 0 Å². The molecule has 1 aromatic heterocycles. The molecular formula is C25H24F3N5O. The van der Waals surface area contributed by atoms with Crippen molar-refractivity contribution in [2.24, 2.45) is 5.73 Å². The van der Waals surface area contributed by atoms with Gasteiger partial charge in [-0.25, -0.2) is 9.78 Å². The number of nitrogens with one attached hydrogen (secondary N) is 1. The summed E-state index contributed by atoms with van der Waals surface area (Å²) in [4.78, 5) is 21.9. The second-order valence-corrected chi connectivity index (χ2v) is 8.56. The minimum Gasteiger partial charge on any atom is -0.366 e. The number of carbonyl (C=O) groups excluding carboxylic acids is 1. The monoisotopic (exact) mass is 467 g/mol. The summed E-state index contributed by atoms with van der Waals surface area (Å²) >= 11 is 0. The van der Waals surface area contributed by atoms with E-state index in [-0.39, 0.29) is 12.1 Å². The third-order valence-corrected chi connectivity index (χ3v) is 6.33. The molecule has 34 heavy (non-hydrogen) atoms. The van der Waals surface area contributed by atoms with E-state index < -0.39 is 11.7 Å². The van der Waals surface area contributed by atoms with Crippen LogP contribution >= 0.6 is 0 Å². The quantitative estimate of drug-likeness (QED) is 0.552. The molecule has 3 aromatic rings. The third-order valence-electron chi connectivity index (χ3n) is 6.33. The molecule has 5 rings (SSSR count). The van der Waals surface area contributed by atoms with Crippen LogP contribution in [0.1, 0.15) is 24.0 Å². The first-order valence-corrected chi connectivity index (χ1v) is 11.2. The Balaban J connectivity index is 1.52. The number of pyridine rings is 1. The minimum absolute atomic E-state index is 0.0752. The van der Waals surface area contributed by atoms with Crippen LogP contribution in [-0.2, 0) is 12.7 Å². The Kier molecular flexibility index (Phi) is 5.65. The average Bonchev–Trinajstić information content (AvgIpc) is 2.84. The first kappa shape index (κ1) is 22.2. The number of rotatable bonds is 3. The van der Waals surface area contributed by atoms with Crippen LogP contribution in [0.25, 0.3) is 11.3 Å². The Morgan fingerprint density at radius 1 is 1.12 bits per heavy atom. The molecule has 6 nitrogen and oxygen atoms in total. The fourth-order valence-corrected chi connectivity index (χ4v) is 4.61. The lowest BCUT2D eigenvalue weighted by Gasteiger charge is -2.45. The lowest BCUT2D eigenvalue weighted by atomic mass is 9.99. The lowest BCUT2D eigenvalue weighted by molar-refractivity contribution is -0.137. The first-order chi connectivity index (χ1) is 16.3. The molecule has 2 bridgehead atoms. The van der Waals surface area contributed by atoms with Gasteiger partial charge in [-0.2, -0.15) is 13.2 Å². The molecule has 0 unspecified atom stereocenters. The van der Waals surface area contributed by atoms with Gasteiger partial charge >= 0.3 is 12.2 Å². The number of fused-ring (bicyclic) bond motifs is 4. The number of nitrogens with two attached hydrogens (primary N) is 1. The number of alkyl halides is 3. The molecule has 3 heterocycles. The van der Waals surface area contributed by atoms with Crippen LogP contribution in [0, 0.1) is 0 Å². The van der Waals surface area contributed by atoms with Gasteiger partial charge in [-0.15, -0.1) is 0 Å². The Morgan fingerprint density at radius 2 is 1.91 bits per heavy atom. The molecule has 0 saturated carbocycles. The number of anilines is 3. The molecule has 3 N–H and O–H groups in total. The third kappa shape index (κ3) is 4.19. The Morgan fingerprint density at radius 3 is 2.65 bits per heavy atom. The highest BCUT2D eigenvalue weighted by molar-refractivity contribution is 6.04. The van der Waals surface area contributed by atoms with E-state index in [0.29, 0.717) is 35.9 Å². The van der Waals surface area contributed by atoms with E-state index in [9.17, 15) is 18.0 Å². The Bertz CT molecular complexity index is 1210. The summed E-state index contributed by atoms with van der Waals surface area (Å²) in [5, 5.41) is 2.93. The molecule has 2 aliphatic rings. The molecule has 2 aliphatic heterocycles. The second-order valence-electron chi connectivity index (χ2n) is 8.56. The SMILES string of the molecule is NCc1ccc(NC(=O)N2c3nc(-c4cccc(C(F)(F)F)c4)ccc3N3CCC[C@@H]2C3)cc1.